The Morgan fingerprint density at radius 3 is 2.48 bits per heavy atom. The highest BCUT2D eigenvalue weighted by Crippen LogP contribution is 2.20. The zero-order chi connectivity index (χ0) is 17.5. The van der Waals surface area contributed by atoms with E-state index in [-0.39, 0.29) is 5.91 Å². The SMILES string of the molecule is CN(C(=O)CCCSc1nnnn1-c1ccccc1)c1ccccc1. The number of rotatable bonds is 7. The molecule has 0 spiro atoms. The van der Waals surface area contributed by atoms with Gasteiger partial charge in [-0.15, -0.1) is 5.10 Å². The van der Waals surface area contributed by atoms with Gasteiger partial charge in [0.05, 0.1) is 5.69 Å². The van der Waals surface area contributed by atoms with Gasteiger partial charge in [-0.25, -0.2) is 0 Å². The standard InChI is InChI=1S/C18H19N5OS/c1-22(15-9-4-2-5-10-15)17(24)13-8-14-25-18-19-20-21-23(18)16-11-6-3-7-12-16/h2-7,9-12H,8,13-14H2,1H3. The molecule has 2 aromatic carbocycles. The number of thioether (sulfide) groups is 1. The van der Waals surface area contributed by atoms with E-state index in [1.165, 1.54) is 0 Å². The molecule has 0 saturated heterocycles. The van der Waals surface area contributed by atoms with Crippen molar-refractivity contribution in [2.24, 2.45) is 0 Å². The minimum atomic E-state index is 0.106. The highest BCUT2D eigenvalue weighted by molar-refractivity contribution is 7.99. The average Bonchev–Trinajstić information content (AvgIpc) is 3.14. The molecular formula is C18H19N5OS. The molecule has 6 nitrogen and oxygen atoms in total. The number of carbonyl (C=O) groups excluding carboxylic acids is 1. The van der Waals surface area contributed by atoms with Gasteiger partial charge in [0.25, 0.3) is 0 Å². The van der Waals surface area contributed by atoms with Crippen LogP contribution in [0.2, 0.25) is 0 Å². The minimum Gasteiger partial charge on any atom is -0.316 e. The van der Waals surface area contributed by atoms with Gasteiger partial charge in [0.15, 0.2) is 0 Å². The molecule has 0 aliphatic heterocycles. The van der Waals surface area contributed by atoms with Crippen molar-refractivity contribution < 1.29 is 4.79 Å². The molecule has 0 atom stereocenters. The van der Waals surface area contributed by atoms with Crippen LogP contribution in [0.15, 0.2) is 65.8 Å². The molecule has 3 aromatic rings. The molecule has 25 heavy (non-hydrogen) atoms. The van der Waals surface area contributed by atoms with Crippen LogP contribution >= 0.6 is 11.8 Å². The first-order chi connectivity index (χ1) is 12.3. The van der Waals surface area contributed by atoms with E-state index in [1.807, 2.05) is 60.7 Å². The topological polar surface area (TPSA) is 63.9 Å². The van der Waals surface area contributed by atoms with Crippen molar-refractivity contribution in [1.29, 1.82) is 0 Å². The molecule has 128 valence electrons. The molecule has 0 bridgehead atoms. The first kappa shape index (κ1) is 17.2. The van der Waals surface area contributed by atoms with Crippen molar-refractivity contribution in [3.8, 4) is 5.69 Å². The van der Waals surface area contributed by atoms with Crippen LogP contribution in [0.4, 0.5) is 5.69 Å². The van der Waals surface area contributed by atoms with Crippen molar-refractivity contribution in [2.45, 2.75) is 18.0 Å². The second-order valence-electron chi connectivity index (χ2n) is 5.45. The number of hydrogen-bond donors (Lipinski definition) is 0. The van der Waals surface area contributed by atoms with E-state index in [9.17, 15) is 4.79 Å². The quantitative estimate of drug-likeness (QED) is 0.482. The van der Waals surface area contributed by atoms with Gasteiger partial charge in [-0.05, 0) is 41.1 Å². The first-order valence-corrected chi connectivity index (χ1v) is 9.02. The number of para-hydroxylation sites is 2. The summed E-state index contributed by atoms with van der Waals surface area (Å²) in [5, 5.41) is 12.6. The number of tetrazole rings is 1. The lowest BCUT2D eigenvalue weighted by atomic mass is 10.2. The Bertz CT molecular complexity index is 807. The van der Waals surface area contributed by atoms with Crippen molar-refractivity contribution in [3.05, 3.63) is 60.7 Å². The molecule has 0 saturated carbocycles. The molecule has 0 aliphatic rings. The summed E-state index contributed by atoms with van der Waals surface area (Å²) < 4.78 is 1.71. The highest BCUT2D eigenvalue weighted by Gasteiger charge is 2.12. The predicted octanol–water partition coefficient (Wildman–Crippen LogP) is 3.20. The number of anilines is 1. The van der Waals surface area contributed by atoms with Crippen LogP contribution in [0.3, 0.4) is 0 Å². The van der Waals surface area contributed by atoms with Crippen molar-refractivity contribution in [2.75, 3.05) is 17.7 Å². The van der Waals surface area contributed by atoms with Crippen LogP contribution in [0.5, 0.6) is 0 Å². The monoisotopic (exact) mass is 353 g/mol. The van der Waals surface area contributed by atoms with Crippen LogP contribution in [0.25, 0.3) is 5.69 Å². The third-order valence-electron chi connectivity index (χ3n) is 3.73. The van der Waals surface area contributed by atoms with Gasteiger partial charge in [-0.2, -0.15) is 4.68 Å². The number of carbonyl (C=O) groups is 1. The Balaban J connectivity index is 1.50. The van der Waals surface area contributed by atoms with Gasteiger partial charge < -0.3 is 4.90 Å². The summed E-state index contributed by atoms with van der Waals surface area (Å²) in [5.41, 5.74) is 1.84. The molecule has 3 rings (SSSR count). The lowest BCUT2D eigenvalue weighted by molar-refractivity contribution is -0.118. The molecule has 7 heteroatoms. The summed E-state index contributed by atoms with van der Waals surface area (Å²) in [6.07, 6.45) is 1.26. The molecule has 0 N–H and O–H groups in total. The summed E-state index contributed by atoms with van der Waals surface area (Å²) in [6.45, 7) is 0. The van der Waals surface area contributed by atoms with Crippen LogP contribution < -0.4 is 4.90 Å². The first-order valence-electron chi connectivity index (χ1n) is 8.04. The Kier molecular flexibility index (Phi) is 5.79. The van der Waals surface area contributed by atoms with Crippen LogP contribution in [-0.2, 0) is 4.79 Å². The molecule has 0 unspecified atom stereocenters. The summed E-state index contributed by atoms with van der Waals surface area (Å²) in [5.74, 6) is 0.885. The smallest absolute Gasteiger partial charge is 0.226 e. The van der Waals surface area contributed by atoms with Crippen molar-refractivity contribution >= 4 is 23.4 Å². The normalized spacial score (nSPS) is 10.6. The molecule has 0 radical (unpaired) electrons. The Morgan fingerprint density at radius 1 is 1.08 bits per heavy atom. The lowest BCUT2D eigenvalue weighted by Gasteiger charge is -2.17. The maximum Gasteiger partial charge on any atom is 0.226 e. The zero-order valence-electron chi connectivity index (χ0n) is 13.9. The van der Waals surface area contributed by atoms with Gasteiger partial charge in [-0.3, -0.25) is 4.79 Å². The Hall–Kier alpha value is -2.67. The van der Waals surface area contributed by atoms with Gasteiger partial charge >= 0.3 is 0 Å². The summed E-state index contributed by atoms with van der Waals surface area (Å²) in [6, 6.07) is 19.4. The van der Waals surface area contributed by atoms with Crippen molar-refractivity contribution in [1.82, 2.24) is 20.2 Å². The molecule has 1 aromatic heterocycles. The maximum atomic E-state index is 12.3. The number of hydrogen-bond acceptors (Lipinski definition) is 5. The fraction of sp³-hybridized carbons (Fsp3) is 0.222. The van der Waals surface area contributed by atoms with Gasteiger partial charge in [-0.1, -0.05) is 48.2 Å². The lowest BCUT2D eigenvalue weighted by Crippen LogP contribution is -2.25. The number of nitrogens with zero attached hydrogens (tertiary/aromatic N) is 5. The molecule has 1 amide bonds. The summed E-state index contributed by atoms with van der Waals surface area (Å²) in [7, 11) is 1.81. The van der Waals surface area contributed by atoms with Crippen LogP contribution in [0.1, 0.15) is 12.8 Å². The number of amides is 1. The predicted molar refractivity (Wildman–Crippen MR) is 99.0 cm³/mol. The third-order valence-corrected chi connectivity index (χ3v) is 4.73. The van der Waals surface area contributed by atoms with E-state index in [4.69, 9.17) is 0 Å². The highest BCUT2D eigenvalue weighted by atomic mass is 32.2. The van der Waals surface area contributed by atoms with E-state index in [1.54, 1.807) is 28.4 Å². The fourth-order valence-corrected chi connectivity index (χ4v) is 3.18. The van der Waals surface area contributed by atoms with Gasteiger partial charge in [0.1, 0.15) is 0 Å². The molecular weight excluding hydrogens is 334 g/mol. The van der Waals surface area contributed by atoms with Gasteiger partial charge in [0.2, 0.25) is 11.1 Å². The zero-order valence-corrected chi connectivity index (χ0v) is 14.8. The summed E-state index contributed by atoms with van der Waals surface area (Å²) in [4.78, 5) is 14.0. The van der Waals surface area contributed by atoms with Crippen LogP contribution in [-0.4, -0.2) is 38.9 Å². The number of aromatic nitrogens is 4. The van der Waals surface area contributed by atoms with Crippen LogP contribution in [0, 0.1) is 0 Å². The van der Waals surface area contributed by atoms with E-state index in [0.717, 1.165) is 28.7 Å². The molecule has 0 fully saturated rings. The average molecular weight is 353 g/mol. The Labute approximate surface area is 150 Å². The minimum absolute atomic E-state index is 0.106. The fourth-order valence-electron chi connectivity index (χ4n) is 2.35. The van der Waals surface area contributed by atoms with E-state index in [2.05, 4.69) is 15.5 Å². The molecule has 0 aliphatic carbocycles. The summed E-state index contributed by atoms with van der Waals surface area (Å²) >= 11 is 1.55. The molecule has 1 heterocycles. The maximum absolute atomic E-state index is 12.3. The second kappa shape index (κ2) is 8.43. The number of benzene rings is 2. The second-order valence-corrected chi connectivity index (χ2v) is 6.51. The van der Waals surface area contributed by atoms with Crippen molar-refractivity contribution in [3.63, 3.8) is 0 Å². The Morgan fingerprint density at radius 2 is 1.76 bits per heavy atom. The van der Waals surface area contributed by atoms with E-state index in [0.29, 0.717) is 6.42 Å². The largest absolute Gasteiger partial charge is 0.316 e. The van der Waals surface area contributed by atoms with E-state index >= 15 is 0 Å². The van der Waals surface area contributed by atoms with Gasteiger partial charge in [0, 0.05) is 24.9 Å². The third kappa shape index (κ3) is 4.45. The van der Waals surface area contributed by atoms with E-state index < -0.39 is 0 Å².